The summed E-state index contributed by atoms with van der Waals surface area (Å²) in [5, 5.41) is 10.00. The van der Waals surface area contributed by atoms with Crippen LogP contribution in [0.1, 0.15) is 77.9 Å². The number of aliphatic carboxylic acids is 1. The second-order valence-electron chi connectivity index (χ2n) is 10.6. The van der Waals surface area contributed by atoms with E-state index >= 15 is 0 Å². The van der Waals surface area contributed by atoms with Crippen molar-refractivity contribution in [2.45, 2.75) is 66.4 Å². The van der Waals surface area contributed by atoms with Gasteiger partial charge in [0.1, 0.15) is 11.9 Å². The lowest BCUT2D eigenvalue weighted by molar-refractivity contribution is -0.137. The van der Waals surface area contributed by atoms with Crippen LogP contribution in [0.3, 0.4) is 0 Å². The molecule has 5 nitrogen and oxygen atoms in total. The van der Waals surface area contributed by atoms with E-state index in [1.807, 2.05) is 63.4 Å². The van der Waals surface area contributed by atoms with Crippen molar-refractivity contribution >= 4 is 22.8 Å². The van der Waals surface area contributed by atoms with Crippen LogP contribution < -0.4 is 4.74 Å². The van der Waals surface area contributed by atoms with Gasteiger partial charge in [-0.25, -0.2) is 0 Å². The van der Waals surface area contributed by atoms with Crippen molar-refractivity contribution in [2.24, 2.45) is 5.92 Å². The fourth-order valence-corrected chi connectivity index (χ4v) is 4.99. The van der Waals surface area contributed by atoms with Crippen molar-refractivity contribution < 1.29 is 19.4 Å². The fourth-order valence-electron chi connectivity index (χ4n) is 4.99. The Morgan fingerprint density at radius 3 is 2.32 bits per heavy atom. The maximum absolute atomic E-state index is 13.7. The van der Waals surface area contributed by atoms with Crippen molar-refractivity contribution in [3.8, 4) is 5.75 Å². The summed E-state index contributed by atoms with van der Waals surface area (Å²) >= 11 is 0. The van der Waals surface area contributed by atoms with Gasteiger partial charge < -0.3 is 9.84 Å². The topological polar surface area (TPSA) is 68.5 Å². The van der Waals surface area contributed by atoms with Crippen LogP contribution in [0.15, 0.2) is 66.9 Å². The summed E-state index contributed by atoms with van der Waals surface area (Å²) in [4.78, 5) is 24.7. The molecule has 0 aliphatic heterocycles. The molecule has 1 heterocycles. The number of ether oxygens (including phenoxy) is 1. The zero-order valence-electron chi connectivity index (χ0n) is 23.0. The van der Waals surface area contributed by atoms with E-state index in [1.165, 1.54) is 5.56 Å². The number of fused-ring (bicyclic) bond motifs is 1. The minimum atomic E-state index is -0.810. The number of para-hydroxylation sites is 1. The molecule has 0 saturated carbocycles. The molecular formula is C33H37NO4. The van der Waals surface area contributed by atoms with Crippen LogP contribution >= 0.6 is 0 Å². The van der Waals surface area contributed by atoms with E-state index in [0.29, 0.717) is 24.3 Å². The Labute approximate surface area is 225 Å². The third-order valence-corrected chi connectivity index (χ3v) is 7.21. The van der Waals surface area contributed by atoms with E-state index in [0.717, 1.165) is 45.3 Å². The lowest BCUT2D eigenvalue weighted by Gasteiger charge is -2.19. The summed E-state index contributed by atoms with van der Waals surface area (Å²) in [5.74, 6) is 0.473. The number of aromatic nitrogens is 1. The first-order chi connectivity index (χ1) is 18.2. The normalized spacial score (nSPS) is 12.2. The highest BCUT2D eigenvalue weighted by atomic mass is 16.5. The number of hydrogen-bond acceptors (Lipinski definition) is 3. The molecule has 0 spiro atoms. The van der Waals surface area contributed by atoms with E-state index < -0.39 is 5.97 Å². The summed E-state index contributed by atoms with van der Waals surface area (Å²) in [5.41, 5.74) is 6.71. The molecule has 0 aliphatic carbocycles. The molecule has 4 rings (SSSR count). The van der Waals surface area contributed by atoms with Crippen molar-refractivity contribution in [2.75, 3.05) is 0 Å². The highest BCUT2D eigenvalue weighted by Crippen LogP contribution is 2.31. The minimum absolute atomic E-state index is 0.105. The molecule has 1 atom stereocenters. The first kappa shape index (κ1) is 27.2. The maximum Gasteiger partial charge on any atom is 0.303 e. The van der Waals surface area contributed by atoms with E-state index in [-0.39, 0.29) is 18.4 Å². The third-order valence-electron chi connectivity index (χ3n) is 7.21. The molecule has 1 N–H and O–H groups in total. The van der Waals surface area contributed by atoms with E-state index in [1.54, 1.807) is 4.57 Å². The van der Waals surface area contributed by atoms with Crippen LogP contribution in [0.4, 0.5) is 0 Å². The van der Waals surface area contributed by atoms with Crippen molar-refractivity contribution in [1.29, 1.82) is 0 Å². The number of rotatable bonds is 10. The molecule has 5 heteroatoms. The van der Waals surface area contributed by atoms with Gasteiger partial charge in [0.15, 0.2) is 0 Å². The number of carboxylic acids is 1. The second kappa shape index (κ2) is 11.7. The molecule has 1 aromatic heterocycles. The first-order valence-electron chi connectivity index (χ1n) is 13.4. The lowest BCUT2D eigenvalue weighted by atomic mass is 10.00. The van der Waals surface area contributed by atoms with E-state index in [9.17, 15) is 9.59 Å². The number of benzene rings is 3. The summed E-state index contributed by atoms with van der Waals surface area (Å²) < 4.78 is 8.03. The average molecular weight is 512 g/mol. The molecule has 38 heavy (non-hydrogen) atoms. The van der Waals surface area contributed by atoms with Gasteiger partial charge >= 0.3 is 5.97 Å². The molecule has 0 fully saturated rings. The largest absolute Gasteiger partial charge is 0.486 e. The fraction of sp³-hybridized carbons (Fsp3) is 0.333. The Hall–Kier alpha value is -3.86. The lowest BCUT2D eigenvalue weighted by Crippen LogP contribution is -2.14. The molecule has 0 bridgehead atoms. The number of carbonyl (C=O) groups excluding carboxylic acids is 1. The van der Waals surface area contributed by atoms with Crippen LogP contribution in [-0.2, 0) is 17.6 Å². The highest BCUT2D eigenvalue weighted by Gasteiger charge is 2.20. The van der Waals surface area contributed by atoms with Crippen LogP contribution in [0.25, 0.3) is 10.9 Å². The predicted molar refractivity (Wildman–Crippen MR) is 152 cm³/mol. The van der Waals surface area contributed by atoms with Gasteiger partial charge in [0.05, 0.1) is 5.52 Å². The van der Waals surface area contributed by atoms with Crippen molar-refractivity contribution in [3.05, 3.63) is 100 Å². The Bertz CT molecular complexity index is 1450. The molecule has 0 amide bonds. The highest BCUT2D eigenvalue weighted by molar-refractivity contribution is 6.04. The van der Waals surface area contributed by atoms with E-state index in [2.05, 4.69) is 38.1 Å². The minimum Gasteiger partial charge on any atom is -0.486 e. The Balaban J connectivity index is 1.56. The van der Waals surface area contributed by atoms with Crippen molar-refractivity contribution in [3.63, 3.8) is 0 Å². The molecule has 0 radical (unpaired) electrons. The Morgan fingerprint density at radius 2 is 1.63 bits per heavy atom. The average Bonchev–Trinajstić information content (AvgIpc) is 3.25. The number of carboxylic acid groups (broad SMARTS) is 1. The van der Waals surface area contributed by atoms with Gasteiger partial charge in [-0.15, -0.1) is 0 Å². The summed E-state index contributed by atoms with van der Waals surface area (Å²) in [7, 11) is 0. The summed E-state index contributed by atoms with van der Waals surface area (Å²) in [6, 6.07) is 20.1. The van der Waals surface area contributed by atoms with Gasteiger partial charge in [-0.1, -0.05) is 56.3 Å². The SMILES string of the molecule is Cc1c(OC(C)c2ccc(CC(C)C)cc2)ccc(C(=O)n2cc(CCCC(=O)O)c3ccccc32)c1C. The van der Waals surface area contributed by atoms with Crippen molar-refractivity contribution in [1.82, 2.24) is 4.57 Å². The van der Waals surface area contributed by atoms with Gasteiger partial charge in [0, 0.05) is 23.6 Å². The summed E-state index contributed by atoms with van der Waals surface area (Å²) in [6.45, 7) is 10.4. The second-order valence-corrected chi connectivity index (χ2v) is 10.6. The first-order valence-corrected chi connectivity index (χ1v) is 13.4. The quantitative estimate of drug-likeness (QED) is 0.237. The zero-order valence-corrected chi connectivity index (χ0v) is 23.0. The maximum atomic E-state index is 13.7. The monoisotopic (exact) mass is 511 g/mol. The molecule has 1 unspecified atom stereocenters. The Morgan fingerprint density at radius 1 is 0.921 bits per heavy atom. The molecule has 0 saturated heterocycles. The summed E-state index contributed by atoms with van der Waals surface area (Å²) in [6.07, 6.45) is 4.04. The predicted octanol–water partition coefficient (Wildman–Crippen LogP) is 7.69. The molecule has 3 aromatic carbocycles. The molecular weight excluding hydrogens is 474 g/mol. The van der Waals surface area contributed by atoms with Gasteiger partial charge in [-0.3, -0.25) is 14.2 Å². The molecule has 4 aromatic rings. The van der Waals surface area contributed by atoms with E-state index in [4.69, 9.17) is 9.84 Å². The van der Waals surface area contributed by atoms with Crippen LogP contribution in [0.2, 0.25) is 0 Å². The zero-order chi connectivity index (χ0) is 27.4. The Kier molecular flexibility index (Phi) is 8.35. The number of hydrogen-bond donors (Lipinski definition) is 1. The standard InChI is InChI=1S/C33H37NO4/c1-21(2)19-25-13-15-26(16-14-25)24(5)38-31-18-17-28(22(3)23(31)4)33(37)34-20-27(9-8-12-32(35)36)29-10-6-7-11-30(29)34/h6-7,10-11,13-18,20-21,24H,8-9,12,19H2,1-5H3,(H,35,36). The van der Waals surface area contributed by atoms with Crippen LogP contribution in [0.5, 0.6) is 5.75 Å². The van der Waals surface area contributed by atoms with Crippen LogP contribution in [-0.4, -0.2) is 21.6 Å². The number of aryl methyl sites for hydroxylation is 1. The number of nitrogens with zero attached hydrogens (tertiary/aromatic N) is 1. The smallest absolute Gasteiger partial charge is 0.303 e. The van der Waals surface area contributed by atoms with Gasteiger partial charge in [0.2, 0.25) is 0 Å². The van der Waals surface area contributed by atoms with Gasteiger partial charge in [0.25, 0.3) is 5.91 Å². The molecule has 198 valence electrons. The van der Waals surface area contributed by atoms with Gasteiger partial charge in [-0.2, -0.15) is 0 Å². The molecule has 0 aliphatic rings. The third kappa shape index (κ3) is 5.99. The van der Waals surface area contributed by atoms with Crippen LogP contribution in [0, 0.1) is 19.8 Å². The van der Waals surface area contributed by atoms with Gasteiger partial charge in [-0.05, 0) is 92.0 Å². The number of carbonyl (C=O) groups is 2.